The van der Waals surface area contributed by atoms with Crippen molar-refractivity contribution < 1.29 is 5.21 Å². The van der Waals surface area contributed by atoms with Gasteiger partial charge < -0.3 is 10.5 Å². The van der Waals surface area contributed by atoms with E-state index >= 15 is 0 Å². The minimum Gasteiger partial charge on any atom is -0.379 e. The third-order valence-electron chi connectivity index (χ3n) is 4.73. The summed E-state index contributed by atoms with van der Waals surface area (Å²) in [6.07, 6.45) is 20.2. The highest BCUT2D eigenvalue weighted by molar-refractivity contribution is 5.56. The molecule has 0 aliphatic carbocycles. The summed E-state index contributed by atoms with van der Waals surface area (Å²) in [4.78, 5) is 12.0. The zero-order chi connectivity index (χ0) is 20.5. The Morgan fingerprint density at radius 1 is 0.893 bits per heavy atom. The van der Waals surface area contributed by atoms with E-state index in [2.05, 4.69) is 47.6 Å². The molecule has 0 spiro atoms. The van der Waals surface area contributed by atoms with Crippen molar-refractivity contribution in [2.75, 3.05) is 13.1 Å². The molecule has 160 valence electrons. The van der Waals surface area contributed by atoms with Crippen LogP contribution in [0.15, 0.2) is 40.7 Å². The number of aliphatic imine (C=N–C) groups is 1. The molecule has 0 saturated carbocycles. The van der Waals surface area contributed by atoms with Crippen LogP contribution in [0.4, 0.5) is 0 Å². The number of aryl methyl sites for hydroxylation is 1. The Balaban J connectivity index is 0.000000755. The summed E-state index contributed by atoms with van der Waals surface area (Å²) in [5.74, 6) is 0. The minimum atomic E-state index is 0.958. The van der Waals surface area contributed by atoms with Crippen molar-refractivity contribution in [3.8, 4) is 0 Å². The fourth-order valence-corrected chi connectivity index (χ4v) is 3.14. The summed E-state index contributed by atoms with van der Waals surface area (Å²) in [5, 5.41) is 10.8. The lowest BCUT2D eigenvalue weighted by molar-refractivity contribution is 0.312. The number of hydrogen-bond acceptors (Lipinski definition) is 4. The van der Waals surface area contributed by atoms with Gasteiger partial charge in [-0.1, -0.05) is 108 Å². The molecule has 0 unspecified atom stereocenters. The summed E-state index contributed by atoms with van der Waals surface area (Å²) in [6, 6.07) is 10.9. The molecule has 1 aromatic rings. The molecule has 1 aliphatic heterocycles. The van der Waals surface area contributed by atoms with Crippen molar-refractivity contribution >= 4 is 6.34 Å². The highest BCUT2D eigenvalue weighted by Crippen LogP contribution is 2.13. The fraction of sp³-hybridized carbons (Fsp3) is 0.696. The van der Waals surface area contributed by atoms with Crippen LogP contribution in [-0.2, 0) is 6.42 Å². The summed E-state index contributed by atoms with van der Waals surface area (Å²) in [5.41, 5.74) is 1.50. The first-order valence-electron chi connectivity index (χ1n) is 11.1. The molecule has 0 bridgehead atoms. The molecule has 0 fully saturated rings. The smallest absolute Gasteiger partial charge is 0.152 e. The van der Waals surface area contributed by atoms with Gasteiger partial charge in [0.25, 0.3) is 0 Å². The van der Waals surface area contributed by atoms with Crippen LogP contribution in [-0.4, -0.2) is 24.6 Å². The Morgan fingerprint density at radius 3 is 1.79 bits per heavy atom. The lowest BCUT2D eigenvalue weighted by Crippen LogP contribution is -2.04. The van der Waals surface area contributed by atoms with Gasteiger partial charge in [-0.25, -0.2) is 0 Å². The van der Waals surface area contributed by atoms with Crippen LogP contribution in [0, 0.1) is 4.91 Å². The van der Waals surface area contributed by atoms with Gasteiger partial charge in [0.2, 0.25) is 0 Å². The zero-order valence-electron chi connectivity index (χ0n) is 17.8. The maximum Gasteiger partial charge on any atom is 0.152 e. The predicted octanol–water partition coefficient (Wildman–Crippen LogP) is 6.69. The van der Waals surface area contributed by atoms with E-state index in [-0.39, 0.29) is 0 Å². The van der Waals surface area contributed by atoms with Crippen molar-refractivity contribution in [2.45, 2.75) is 90.4 Å². The van der Waals surface area contributed by atoms with Crippen molar-refractivity contribution in [3.63, 3.8) is 0 Å². The monoisotopic (exact) mass is 391 g/mol. The molecule has 1 heterocycles. The van der Waals surface area contributed by atoms with E-state index in [0.717, 1.165) is 13.1 Å². The van der Waals surface area contributed by atoms with E-state index in [0.29, 0.717) is 0 Å². The lowest BCUT2D eigenvalue weighted by atomic mass is 10.0. The number of benzene rings is 1. The molecule has 2 N–H and O–H groups in total. The van der Waals surface area contributed by atoms with Crippen molar-refractivity contribution in [2.24, 2.45) is 10.3 Å². The quantitative estimate of drug-likeness (QED) is 0.223. The van der Waals surface area contributed by atoms with E-state index < -0.39 is 0 Å². The Morgan fingerprint density at radius 2 is 1.39 bits per heavy atom. The molecule has 0 aromatic heterocycles. The third-order valence-corrected chi connectivity index (χ3v) is 4.73. The molecular formula is C23H41N3O2. The highest BCUT2D eigenvalue weighted by atomic mass is 16.6. The number of nitrogens with one attached hydrogen (secondary N) is 1. The Hall–Kier alpha value is -1.91. The van der Waals surface area contributed by atoms with Crippen LogP contribution in [0.5, 0.6) is 0 Å². The molecule has 1 aromatic carbocycles. The van der Waals surface area contributed by atoms with Gasteiger partial charge in [-0.05, 0) is 18.4 Å². The summed E-state index contributed by atoms with van der Waals surface area (Å²) in [6.45, 7) is 4.28. The van der Waals surface area contributed by atoms with Gasteiger partial charge in [-0.2, -0.15) is 0 Å². The summed E-state index contributed by atoms with van der Waals surface area (Å²) < 4.78 is 0. The maximum atomic E-state index is 8.11. The number of unbranched alkanes of at least 4 members (excludes halogenated alkanes) is 11. The van der Waals surface area contributed by atoms with Crippen LogP contribution >= 0.6 is 0 Å². The van der Waals surface area contributed by atoms with Crippen molar-refractivity contribution in [1.29, 1.82) is 0 Å². The van der Waals surface area contributed by atoms with Crippen LogP contribution in [0.1, 0.15) is 89.5 Å². The molecule has 0 radical (unpaired) electrons. The van der Waals surface area contributed by atoms with Crippen LogP contribution in [0.2, 0.25) is 0 Å². The first-order chi connectivity index (χ1) is 13.8. The first-order valence-corrected chi connectivity index (χ1v) is 11.1. The second-order valence-electron chi connectivity index (χ2n) is 7.20. The van der Waals surface area contributed by atoms with Crippen molar-refractivity contribution in [3.05, 3.63) is 40.8 Å². The summed E-state index contributed by atoms with van der Waals surface area (Å²) >= 11 is 0. The van der Waals surface area contributed by atoms with E-state index in [4.69, 9.17) is 10.1 Å². The summed E-state index contributed by atoms with van der Waals surface area (Å²) in [7, 11) is 0. The Kier molecular flexibility index (Phi) is 21.6. The Bertz CT molecular complexity index is 446. The molecule has 2 rings (SSSR count). The normalized spacial score (nSPS) is 11.6. The second-order valence-corrected chi connectivity index (χ2v) is 7.20. The van der Waals surface area contributed by atoms with Gasteiger partial charge in [-0.15, -0.1) is 4.91 Å². The lowest BCUT2D eigenvalue weighted by Gasteiger charge is -2.03. The van der Waals surface area contributed by atoms with E-state index in [9.17, 15) is 0 Å². The van der Waals surface area contributed by atoms with E-state index in [1.165, 1.54) is 94.4 Å². The molecule has 0 atom stereocenters. The molecule has 0 amide bonds. The number of nitrogens with zero attached hydrogens (tertiary/aromatic N) is 2. The molecule has 5 heteroatoms. The van der Waals surface area contributed by atoms with Gasteiger partial charge >= 0.3 is 0 Å². The van der Waals surface area contributed by atoms with Gasteiger partial charge in [-0.3, -0.25) is 4.99 Å². The first kappa shape index (κ1) is 26.1. The number of hydrogen-bond donors (Lipinski definition) is 2. The van der Waals surface area contributed by atoms with Gasteiger partial charge in [0.05, 0.1) is 12.9 Å². The maximum absolute atomic E-state index is 8.11. The SMILES string of the molecule is C1=NCCN1.CCCCCCCCCCCCCCc1ccccc1.O=NO. The van der Waals surface area contributed by atoms with Gasteiger partial charge in [0, 0.05) is 6.54 Å². The average molecular weight is 392 g/mol. The van der Waals surface area contributed by atoms with Crippen LogP contribution in [0.3, 0.4) is 0 Å². The van der Waals surface area contributed by atoms with Gasteiger partial charge in [0.1, 0.15) is 0 Å². The van der Waals surface area contributed by atoms with Crippen LogP contribution in [0.25, 0.3) is 0 Å². The standard InChI is InChI=1S/C20H34.C3H6N2.HNO2/c1-2-3-4-5-6-7-8-9-10-11-12-14-17-20-18-15-13-16-19-20;1-2-5-3-4-1;2-1-3/h13,15-16,18-19H,2-12,14,17H2,1H3;3H,1-2H2,(H,4,5);(H,2,3). The largest absolute Gasteiger partial charge is 0.379 e. The Labute approximate surface area is 172 Å². The zero-order valence-corrected chi connectivity index (χ0v) is 17.8. The number of rotatable bonds is 13. The van der Waals surface area contributed by atoms with E-state index in [1.54, 1.807) is 6.34 Å². The van der Waals surface area contributed by atoms with Crippen LogP contribution < -0.4 is 5.32 Å². The van der Waals surface area contributed by atoms with Crippen molar-refractivity contribution in [1.82, 2.24) is 5.32 Å². The minimum absolute atomic E-state index is 0.958. The predicted molar refractivity (Wildman–Crippen MR) is 120 cm³/mol. The molecular weight excluding hydrogens is 350 g/mol. The molecule has 28 heavy (non-hydrogen) atoms. The average Bonchev–Trinajstić information content (AvgIpc) is 3.30. The second kappa shape index (κ2) is 23.1. The molecule has 0 saturated heterocycles. The fourth-order valence-electron chi connectivity index (χ4n) is 3.14. The van der Waals surface area contributed by atoms with Gasteiger partial charge in [0.15, 0.2) is 5.34 Å². The highest BCUT2D eigenvalue weighted by Gasteiger charge is 1.94. The molecule has 1 aliphatic rings. The molecule has 5 nitrogen and oxygen atoms in total. The van der Waals surface area contributed by atoms with E-state index in [1.807, 2.05) is 0 Å². The third kappa shape index (κ3) is 20.4. The topological polar surface area (TPSA) is 74.0 Å².